The maximum Gasteiger partial charge on any atom is 0.275 e. The highest BCUT2D eigenvalue weighted by Gasteiger charge is 2.15. The molecular weight excluding hydrogens is 194 g/mol. The summed E-state index contributed by atoms with van der Waals surface area (Å²) in [6.07, 6.45) is 1.51. The second-order valence-electron chi connectivity index (χ2n) is 2.69. The van der Waals surface area contributed by atoms with Crippen LogP contribution in [0.3, 0.4) is 0 Å². The van der Waals surface area contributed by atoms with Gasteiger partial charge in [0.25, 0.3) is 10.2 Å². The summed E-state index contributed by atoms with van der Waals surface area (Å²) in [7, 11) is -3.71. The maximum atomic E-state index is 10.6. The minimum Gasteiger partial charge on any atom is -0.444 e. The first-order valence-electron chi connectivity index (χ1n) is 3.61. The number of hydrogen-bond donors (Lipinski definition) is 2. The Morgan fingerprint density at radius 3 is 2.69 bits per heavy atom. The van der Waals surface area contributed by atoms with E-state index in [4.69, 9.17) is 9.56 Å². The van der Waals surface area contributed by atoms with Gasteiger partial charge >= 0.3 is 0 Å². The van der Waals surface area contributed by atoms with Crippen molar-refractivity contribution in [3.63, 3.8) is 0 Å². The summed E-state index contributed by atoms with van der Waals surface area (Å²) >= 11 is 0. The lowest BCUT2D eigenvalue weighted by atomic mass is 10.4. The minimum atomic E-state index is -3.71. The van der Waals surface area contributed by atoms with Gasteiger partial charge in [-0.2, -0.15) is 13.1 Å². The van der Waals surface area contributed by atoms with Gasteiger partial charge < -0.3 is 4.42 Å². The molecule has 1 rings (SSSR count). The van der Waals surface area contributed by atoms with E-state index in [1.165, 1.54) is 6.20 Å². The summed E-state index contributed by atoms with van der Waals surface area (Å²) in [5.41, 5.74) is 0. The number of rotatable bonds is 3. The average molecular weight is 205 g/mol. The van der Waals surface area contributed by atoms with Crippen molar-refractivity contribution in [2.45, 2.75) is 19.9 Å². The Morgan fingerprint density at radius 1 is 1.69 bits per heavy atom. The molecule has 1 aromatic rings. The molecule has 6 nitrogen and oxygen atoms in total. The molecule has 0 aliphatic carbocycles. The van der Waals surface area contributed by atoms with E-state index < -0.39 is 16.3 Å². The number of aromatic nitrogens is 1. The van der Waals surface area contributed by atoms with Crippen LogP contribution in [0.5, 0.6) is 0 Å². The van der Waals surface area contributed by atoms with E-state index in [0.29, 0.717) is 11.7 Å². The number of nitrogens with one attached hydrogen (secondary N) is 1. The van der Waals surface area contributed by atoms with Gasteiger partial charge in [-0.05, 0) is 13.8 Å². The highest BCUT2D eigenvalue weighted by Crippen LogP contribution is 2.11. The molecule has 0 amide bonds. The van der Waals surface area contributed by atoms with Gasteiger partial charge in [-0.15, -0.1) is 0 Å². The highest BCUT2D eigenvalue weighted by molar-refractivity contribution is 7.87. The highest BCUT2D eigenvalue weighted by atomic mass is 32.2. The SMILES string of the molecule is Cc1cnc(C(C)NS(N)(=O)=O)o1. The van der Waals surface area contributed by atoms with Crippen LogP contribution in [-0.4, -0.2) is 13.4 Å². The third-order valence-electron chi connectivity index (χ3n) is 1.35. The van der Waals surface area contributed by atoms with Gasteiger partial charge in [-0.1, -0.05) is 0 Å². The molecule has 7 heteroatoms. The summed E-state index contributed by atoms with van der Waals surface area (Å²) in [4.78, 5) is 3.85. The molecule has 0 fully saturated rings. The third-order valence-corrected chi connectivity index (χ3v) is 2.03. The van der Waals surface area contributed by atoms with E-state index in [1.807, 2.05) is 0 Å². The molecule has 0 aromatic carbocycles. The van der Waals surface area contributed by atoms with Crippen molar-refractivity contribution in [2.75, 3.05) is 0 Å². The molecule has 13 heavy (non-hydrogen) atoms. The molecule has 1 atom stereocenters. The Morgan fingerprint density at radius 2 is 2.31 bits per heavy atom. The lowest BCUT2D eigenvalue weighted by Gasteiger charge is -2.06. The molecule has 0 saturated carbocycles. The number of hydrogen-bond acceptors (Lipinski definition) is 4. The van der Waals surface area contributed by atoms with Crippen LogP contribution < -0.4 is 9.86 Å². The van der Waals surface area contributed by atoms with Crippen molar-refractivity contribution in [2.24, 2.45) is 5.14 Å². The number of nitrogens with two attached hydrogens (primary N) is 1. The summed E-state index contributed by atoms with van der Waals surface area (Å²) in [6, 6.07) is -0.552. The van der Waals surface area contributed by atoms with Gasteiger partial charge in [0.15, 0.2) is 0 Å². The van der Waals surface area contributed by atoms with E-state index in [1.54, 1.807) is 13.8 Å². The molecule has 3 N–H and O–H groups in total. The zero-order valence-corrected chi connectivity index (χ0v) is 8.13. The lowest BCUT2D eigenvalue weighted by molar-refractivity contribution is 0.428. The molecule has 0 saturated heterocycles. The largest absolute Gasteiger partial charge is 0.444 e. The van der Waals surface area contributed by atoms with Gasteiger partial charge in [0, 0.05) is 0 Å². The molecule has 1 heterocycles. The van der Waals surface area contributed by atoms with Crippen LogP contribution in [0.4, 0.5) is 0 Å². The Labute approximate surface area is 76.3 Å². The summed E-state index contributed by atoms with van der Waals surface area (Å²) in [6.45, 7) is 3.32. The summed E-state index contributed by atoms with van der Waals surface area (Å²) in [5, 5.41) is 4.77. The van der Waals surface area contributed by atoms with Gasteiger partial charge in [0.2, 0.25) is 5.89 Å². The maximum absolute atomic E-state index is 10.6. The van der Waals surface area contributed by atoms with Crippen LogP contribution in [-0.2, 0) is 10.2 Å². The number of oxazole rings is 1. The van der Waals surface area contributed by atoms with E-state index in [2.05, 4.69) is 9.71 Å². The molecule has 0 bridgehead atoms. The monoisotopic (exact) mass is 205 g/mol. The van der Waals surface area contributed by atoms with Crippen molar-refractivity contribution in [1.29, 1.82) is 0 Å². The zero-order chi connectivity index (χ0) is 10.1. The van der Waals surface area contributed by atoms with Crippen LogP contribution in [0, 0.1) is 6.92 Å². The van der Waals surface area contributed by atoms with Crippen LogP contribution in [0.1, 0.15) is 24.6 Å². The van der Waals surface area contributed by atoms with Crippen molar-refractivity contribution >= 4 is 10.2 Å². The van der Waals surface area contributed by atoms with E-state index in [9.17, 15) is 8.42 Å². The fraction of sp³-hybridized carbons (Fsp3) is 0.500. The van der Waals surface area contributed by atoms with Crippen molar-refractivity contribution < 1.29 is 12.8 Å². The first-order chi connectivity index (χ1) is 5.88. The molecule has 0 spiro atoms. The van der Waals surface area contributed by atoms with Gasteiger partial charge in [-0.25, -0.2) is 10.1 Å². The Hall–Kier alpha value is -0.920. The first-order valence-corrected chi connectivity index (χ1v) is 5.15. The standard InChI is InChI=1S/C6H11N3O3S/c1-4-3-8-6(12-4)5(2)9-13(7,10)11/h3,5,9H,1-2H3,(H2,7,10,11). The average Bonchev–Trinajstić information content (AvgIpc) is 2.31. The second kappa shape index (κ2) is 3.44. The summed E-state index contributed by atoms with van der Waals surface area (Å²) < 4.78 is 28.5. The van der Waals surface area contributed by atoms with E-state index in [-0.39, 0.29) is 0 Å². The van der Waals surface area contributed by atoms with Crippen molar-refractivity contribution in [3.8, 4) is 0 Å². The van der Waals surface area contributed by atoms with E-state index in [0.717, 1.165) is 0 Å². The molecule has 0 radical (unpaired) electrons. The molecule has 0 aliphatic rings. The molecule has 0 aliphatic heterocycles. The first kappa shape index (κ1) is 10.2. The number of nitrogens with zero attached hydrogens (tertiary/aromatic N) is 1. The normalized spacial score (nSPS) is 14.4. The molecule has 1 aromatic heterocycles. The third kappa shape index (κ3) is 3.13. The Kier molecular flexibility index (Phi) is 2.69. The summed E-state index contributed by atoms with van der Waals surface area (Å²) in [5.74, 6) is 0.921. The quantitative estimate of drug-likeness (QED) is 0.716. The molecular formula is C6H11N3O3S. The smallest absolute Gasteiger partial charge is 0.275 e. The number of aryl methyl sites for hydroxylation is 1. The predicted octanol–water partition coefficient (Wildman–Crippen LogP) is -0.163. The fourth-order valence-electron chi connectivity index (χ4n) is 0.869. The van der Waals surface area contributed by atoms with Gasteiger partial charge in [-0.3, -0.25) is 0 Å². The van der Waals surface area contributed by atoms with Gasteiger partial charge in [0.05, 0.1) is 12.2 Å². The molecule has 1 unspecified atom stereocenters. The fourth-order valence-corrected chi connectivity index (χ4v) is 1.46. The van der Waals surface area contributed by atoms with Crippen LogP contribution in [0.15, 0.2) is 10.6 Å². The second-order valence-corrected chi connectivity index (χ2v) is 4.02. The lowest BCUT2D eigenvalue weighted by Crippen LogP contribution is -2.33. The molecule has 74 valence electrons. The van der Waals surface area contributed by atoms with E-state index >= 15 is 0 Å². The zero-order valence-electron chi connectivity index (χ0n) is 7.31. The minimum absolute atomic E-state index is 0.298. The van der Waals surface area contributed by atoms with Crippen LogP contribution in [0.25, 0.3) is 0 Å². The van der Waals surface area contributed by atoms with Crippen molar-refractivity contribution in [3.05, 3.63) is 17.8 Å². The topological polar surface area (TPSA) is 98.2 Å². The van der Waals surface area contributed by atoms with Crippen molar-refractivity contribution in [1.82, 2.24) is 9.71 Å². The Balaban J connectivity index is 2.75. The van der Waals surface area contributed by atoms with Crippen LogP contribution >= 0.6 is 0 Å². The Bertz CT molecular complexity index is 384. The van der Waals surface area contributed by atoms with Gasteiger partial charge in [0.1, 0.15) is 5.76 Å². The predicted molar refractivity (Wildman–Crippen MR) is 45.9 cm³/mol. The van der Waals surface area contributed by atoms with Crippen LogP contribution in [0.2, 0.25) is 0 Å².